The molecule has 4 nitrogen and oxygen atoms in total. The Kier molecular flexibility index (Phi) is 3.30. The highest BCUT2D eigenvalue weighted by Gasteiger charge is 1.96. The normalized spacial score (nSPS) is 8.50. The van der Waals surface area contributed by atoms with Gasteiger partial charge in [0.05, 0.1) is 0 Å². The Morgan fingerprint density at radius 2 is 2.42 bits per heavy atom. The zero-order valence-electron chi connectivity index (χ0n) is 6.41. The number of halogens is 1. The van der Waals surface area contributed by atoms with Gasteiger partial charge in [0, 0.05) is 0 Å². The third-order valence-electron chi connectivity index (χ3n) is 0.971. The molecule has 0 aromatic carbocycles. The molecule has 1 aromatic heterocycles. The minimum Gasteiger partial charge on any atom is -0.450 e. The van der Waals surface area contributed by atoms with Gasteiger partial charge in [0.2, 0.25) is 5.28 Å². The first-order valence-electron chi connectivity index (χ1n) is 3.20. The third kappa shape index (κ3) is 2.72. The SMILES string of the molecule is CC#CCOc1ncnc(Cl)n1. The molecule has 0 unspecified atom stereocenters. The lowest BCUT2D eigenvalue weighted by Gasteiger charge is -1.97. The molecule has 0 fully saturated rings. The zero-order chi connectivity index (χ0) is 8.81. The molecule has 0 amide bonds. The van der Waals surface area contributed by atoms with Crippen LogP contribution in [0.1, 0.15) is 6.92 Å². The maximum Gasteiger partial charge on any atom is 0.321 e. The van der Waals surface area contributed by atoms with Gasteiger partial charge in [-0.15, -0.1) is 5.92 Å². The highest BCUT2D eigenvalue weighted by molar-refractivity contribution is 6.28. The van der Waals surface area contributed by atoms with Gasteiger partial charge in [-0.05, 0) is 18.5 Å². The van der Waals surface area contributed by atoms with Crippen molar-refractivity contribution >= 4 is 11.6 Å². The second-order valence-electron chi connectivity index (χ2n) is 1.75. The number of rotatable bonds is 2. The monoisotopic (exact) mass is 183 g/mol. The predicted octanol–water partition coefficient (Wildman–Crippen LogP) is 0.927. The first-order chi connectivity index (χ1) is 5.83. The van der Waals surface area contributed by atoms with E-state index in [1.165, 1.54) is 6.33 Å². The van der Waals surface area contributed by atoms with E-state index in [4.69, 9.17) is 16.3 Å². The number of ether oxygens (including phenoxy) is 1. The van der Waals surface area contributed by atoms with E-state index in [2.05, 4.69) is 26.8 Å². The van der Waals surface area contributed by atoms with Crippen LogP contribution in [-0.4, -0.2) is 21.6 Å². The lowest BCUT2D eigenvalue weighted by atomic mass is 10.6. The van der Waals surface area contributed by atoms with E-state index >= 15 is 0 Å². The van der Waals surface area contributed by atoms with E-state index in [0.29, 0.717) is 0 Å². The van der Waals surface area contributed by atoms with Crippen LogP contribution in [0.3, 0.4) is 0 Å². The van der Waals surface area contributed by atoms with Crippen LogP contribution >= 0.6 is 11.6 Å². The predicted molar refractivity (Wildman–Crippen MR) is 43.8 cm³/mol. The first kappa shape index (κ1) is 8.75. The molecule has 0 saturated heterocycles. The molecule has 1 aromatic rings. The summed E-state index contributed by atoms with van der Waals surface area (Å²) < 4.78 is 5.01. The fourth-order valence-electron chi connectivity index (χ4n) is 0.505. The van der Waals surface area contributed by atoms with Crippen LogP contribution in [0.15, 0.2) is 6.33 Å². The van der Waals surface area contributed by atoms with Crippen molar-refractivity contribution in [3.63, 3.8) is 0 Å². The van der Waals surface area contributed by atoms with Crippen molar-refractivity contribution in [1.82, 2.24) is 15.0 Å². The second-order valence-corrected chi connectivity index (χ2v) is 2.09. The van der Waals surface area contributed by atoms with Crippen molar-refractivity contribution in [2.75, 3.05) is 6.61 Å². The Labute approximate surface area is 75.0 Å². The second kappa shape index (κ2) is 4.52. The van der Waals surface area contributed by atoms with Gasteiger partial charge >= 0.3 is 6.01 Å². The summed E-state index contributed by atoms with van der Waals surface area (Å²) in [4.78, 5) is 11.0. The lowest BCUT2D eigenvalue weighted by molar-refractivity contribution is 0.338. The third-order valence-corrected chi connectivity index (χ3v) is 1.15. The van der Waals surface area contributed by atoms with Crippen LogP contribution in [0, 0.1) is 11.8 Å². The van der Waals surface area contributed by atoms with Gasteiger partial charge in [-0.1, -0.05) is 5.92 Å². The molecule has 12 heavy (non-hydrogen) atoms. The van der Waals surface area contributed by atoms with E-state index in [1.54, 1.807) is 6.92 Å². The molecular formula is C7H6ClN3O. The maximum atomic E-state index is 5.48. The molecule has 62 valence electrons. The lowest BCUT2D eigenvalue weighted by Crippen LogP contribution is -1.99. The van der Waals surface area contributed by atoms with Crippen LogP contribution in [0.25, 0.3) is 0 Å². The Balaban J connectivity index is 2.55. The number of hydrogen-bond donors (Lipinski definition) is 0. The Bertz CT molecular complexity index is 318. The van der Waals surface area contributed by atoms with E-state index < -0.39 is 0 Å². The molecule has 0 aliphatic rings. The average Bonchev–Trinajstić information content (AvgIpc) is 2.05. The van der Waals surface area contributed by atoms with E-state index in [-0.39, 0.29) is 17.9 Å². The summed E-state index contributed by atoms with van der Waals surface area (Å²) in [5, 5.41) is 0.115. The summed E-state index contributed by atoms with van der Waals surface area (Å²) >= 11 is 5.48. The highest BCUT2D eigenvalue weighted by atomic mass is 35.5. The summed E-state index contributed by atoms with van der Waals surface area (Å²) in [5.41, 5.74) is 0. The van der Waals surface area contributed by atoms with Crippen molar-refractivity contribution < 1.29 is 4.74 Å². The van der Waals surface area contributed by atoms with Gasteiger partial charge in [0.1, 0.15) is 6.33 Å². The molecular weight excluding hydrogens is 178 g/mol. The molecule has 0 atom stereocenters. The first-order valence-corrected chi connectivity index (χ1v) is 3.57. The van der Waals surface area contributed by atoms with Crippen molar-refractivity contribution in [2.45, 2.75) is 6.92 Å². The van der Waals surface area contributed by atoms with Gasteiger partial charge < -0.3 is 4.74 Å². The van der Waals surface area contributed by atoms with Gasteiger partial charge in [0.15, 0.2) is 6.61 Å². The van der Waals surface area contributed by atoms with E-state index in [9.17, 15) is 0 Å². The minimum atomic E-state index is 0.115. The van der Waals surface area contributed by atoms with Gasteiger partial charge in [-0.3, -0.25) is 0 Å². The number of hydrogen-bond acceptors (Lipinski definition) is 4. The summed E-state index contributed by atoms with van der Waals surface area (Å²) in [5.74, 6) is 5.37. The molecule has 5 heteroatoms. The van der Waals surface area contributed by atoms with Gasteiger partial charge in [0.25, 0.3) is 0 Å². The molecule has 0 saturated carbocycles. The van der Waals surface area contributed by atoms with Crippen LogP contribution in [0.5, 0.6) is 6.01 Å². The van der Waals surface area contributed by atoms with E-state index in [1.807, 2.05) is 0 Å². The van der Waals surface area contributed by atoms with Crippen molar-refractivity contribution in [3.8, 4) is 17.9 Å². The van der Waals surface area contributed by atoms with Crippen LogP contribution < -0.4 is 4.74 Å². The van der Waals surface area contributed by atoms with Crippen molar-refractivity contribution in [3.05, 3.63) is 11.6 Å². The largest absolute Gasteiger partial charge is 0.450 e. The molecule has 0 aliphatic heterocycles. The van der Waals surface area contributed by atoms with Crippen LogP contribution in [0.2, 0.25) is 5.28 Å². The molecule has 0 radical (unpaired) electrons. The molecule has 0 aliphatic carbocycles. The topological polar surface area (TPSA) is 47.9 Å². The Morgan fingerprint density at radius 1 is 1.58 bits per heavy atom. The minimum absolute atomic E-state index is 0.115. The summed E-state index contributed by atoms with van der Waals surface area (Å²) in [6.45, 7) is 1.99. The fraction of sp³-hybridized carbons (Fsp3) is 0.286. The molecule has 1 rings (SSSR count). The summed E-state index contributed by atoms with van der Waals surface area (Å²) in [6, 6.07) is 0.192. The van der Waals surface area contributed by atoms with Crippen molar-refractivity contribution in [2.24, 2.45) is 0 Å². The van der Waals surface area contributed by atoms with Crippen LogP contribution in [0.4, 0.5) is 0 Å². The van der Waals surface area contributed by atoms with E-state index in [0.717, 1.165) is 0 Å². The number of nitrogens with zero attached hydrogens (tertiary/aromatic N) is 3. The Morgan fingerprint density at radius 3 is 3.08 bits per heavy atom. The number of aromatic nitrogens is 3. The Hall–Kier alpha value is -1.34. The fourth-order valence-corrected chi connectivity index (χ4v) is 0.621. The van der Waals surface area contributed by atoms with Crippen LogP contribution in [-0.2, 0) is 0 Å². The molecule has 0 N–H and O–H groups in total. The quantitative estimate of drug-likeness (QED) is 0.640. The highest BCUT2D eigenvalue weighted by Crippen LogP contribution is 2.03. The maximum absolute atomic E-state index is 5.48. The van der Waals surface area contributed by atoms with Gasteiger partial charge in [-0.25, -0.2) is 4.98 Å². The average molecular weight is 184 g/mol. The molecule has 0 spiro atoms. The van der Waals surface area contributed by atoms with Crippen molar-refractivity contribution in [1.29, 1.82) is 0 Å². The molecule has 1 heterocycles. The molecule has 0 bridgehead atoms. The summed E-state index contributed by atoms with van der Waals surface area (Å²) in [7, 11) is 0. The smallest absolute Gasteiger partial charge is 0.321 e. The standard InChI is InChI=1S/C7H6ClN3O/c1-2-3-4-12-7-10-5-9-6(8)11-7/h5H,4H2,1H3. The summed E-state index contributed by atoms with van der Waals surface area (Å²) in [6.07, 6.45) is 1.28. The zero-order valence-corrected chi connectivity index (χ0v) is 7.17. The van der Waals surface area contributed by atoms with Gasteiger partial charge in [-0.2, -0.15) is 9.97 Å².